The van der Waals surface area contributed by atoms with E-state index in [1.54, 1.807) is 6.07 Å². The number of furan rings is 1. The molecule has 1 fully saturated rings. The summed E-state index contributed by atoms with van der Waals surface area (Å²) in [5, 5.41) is 3.73. The van der Waals surface area contributed by atoms with Gasteiger partial charge in [0.15, 0.2) is 21.3 Å². The average Bonchev–Trinajstić information content (AvgIpc) is 3.14. The topological polar surface area (TPSA) is 124 Å². The molecule has 1 aliphatic carbocycles. The lowest BCUT2D eigenvalue weighted by Crippen LogP contribution is -2.43. The molecule has 4 rings (SSSR count). The van der Waals surface area contributed by atoms with Crippen LogP contribution in [0.2, 0.25) is 0 Å². The summed E-state index contributed by atoms with van der Waals surface area (Å²) in [5.41, 5.74) is 0. The Morgan fingerprint density at radius 2 is 1.89 bits per heavy atom. The first-order chi connectivity index (χ1) is 13.4. The Morgan fingerprint density at radius 1 is 1.11 bits per heavy atom. The standard InChI is InChI=1S/C18H18N2O7S/c21-17(18(22)20-11-3-4-11)19-9-16(14-2-1-7-25-14)28(23,24)12-5-6-13-15(8-12)27-10-26-13/h1-2,5-8,11,16H,3-4,9-10H2,(H,19,21)(H,20,22)/t16-/m1/s1. The molecule has 2 heterocycles. The van der Waals surface area contributed by atoms with Crippen LogP contribution in [0.15, 0.2) is 45.9 Å². The first kappa shape index (κ1) is 18.4. The molecule has 2 aromatic rings. The third-order valence-electron chi connectivity index (χ3n) is 4.47. The second-order valence-corrected chi connectivity index (χ2v) is 8.65. The van der Waals surface area contributed by atoms with Crippen LogP contribution < -0.4 is 20.1 Å². The van der Waals surface area contributed by atoms with Gasteiger partial charge in [0.1, 0.15) is 11.0 Å². The molecule has 10 heteroatoms. The van der Waals surface area contributed by atoms with Crippen molar-refractivity contribution in [2.24, 2.45) is 0 Å². The maximum atomic E-state index is 13.2. The van der Waals surface area contributed by atoms with Crippen molar-refractivity contribution < 1.29 is 31.9 Å². The molecular weight excluding hydrogens is 388 g/mol. The number of ether oxygens (including phenoxy) is 2. The maximum Gasteiger partial charge on any atom is 0.309 e. The van der Waals surface area contributed by atoms with E-state index in [9.17, 15) is 18.0 Å². The minimum atomic E-state index is -3.95. The number of hydrogen-bond donors (Lipinski definition) is 2. The van der Waals surface area contributed by atoms with Gasteiger partial charge < -0.3 is 24.5 Å². The number of rotatable bonds is 6. The number of carbonyl (C=O) groups is 2. The Balaban J connectivity index is 1.55. The number of benzene rings is 1. The van der Waals surface area contributed by atoms with Gasteiger partial charge in [-0.2, -0.15) is 0 Å². The monoisotopic (exact) mass is 406 g/mol. The van der Waals surface area contributed by atoms with Crippen molar-refractivity contribution in [1.82, 2.24) is 10.6 Å². The second kappa shape index (κ2) is 7.19. The zero-order valence-electron chi connectivity index (χ0n) is 14.7. The molecule has 9 nitrogen and oxygen atoms in total. The van der Waals surface area contributed by atoms with Crippen LogP contribution in [0.1, 0.15) is 23.9 Å². The molecule has 28 heavy (non-hydrogen) atoms. The Morgan fingerprint density at radius 3 is 2.61 bits per heavy atom. The highest BCUT2D eigenvalue weighted by Gasteiger charge is 2.34. The fourth-order valence-electron chi connectivity index (χ4n) is 2.80. The summed E-state index contributed by atoms with van der Waals surface area (Å²) in [4.78, 5) is 23.8. The van der Waals surface area contributed by atoms with E-state index in [0.29, 0.717) is 11.5 Å². The zero-order chi connectivity index (χ0) is 19.7. The van der Waals surface area contributed by atoms with E-state index in [4.69, 9.17) is 13.9 Å². The van der Waals surface area contributed by atoms with Crippen LogP contribution in [0.4, 0.5) is 0 Å². The van der Waals surface area contributed by atoms with E-state index in [1.165, 1.54) is 30.5 Å². The van der Waals surface area contributed by atoms with Crippen molar-refractivity contribution in [2.75, 3.05) is 13.3 Å². The average molecular weight is 406 g/mol. The molecule has 0 saturated heterocycles. The van der Waals surface area contributed by atoms with Gasteiger partial charge in [-0.05, 0) is 37.1 Å². The van der Waals surface area contributed by atoms with Gasteiger partial charge >= 0.3 is 11.8 Å². The molecule has 2 aliphatic rings. The summed E-state index contributed by atoms with van der Waals surface area (Å²) in [6.07, 6.45) is 3.03. The second-order valence-electron chi connectivity index (χ2n) is 6.52. The summed E-state index contributed by atoms with van der Waals surface area (Å²) in [6, 6.07) is 7.37. The minimum Gasteiger partial charge on any atom is -0.468 e. The van der Waals surface area contributed by atoms with E-state index in [-0.39, 0.29) is 30.0 Å². The lowest BCUT2D eigenvalue weighted by atomic mass is 10.3. The lowest BCUT2D eigenvalue weighted by molar-refractivity contribution is -0.139. The molecule has 2 amide bonds. The van der Waals surface area contributed by atoms with Gasteiger partial charge in [0, 0.05) is 18.7 Å². The molecule has 1 aromatic heterocycles. The number of sulfone groups is 1. The molecule has 2 N–H and O–H groups in total. The van der Waals surface area contributed by atoms with Gasteiger partial charge in [-0.25, -0.2) is 8.42 Å². The third-order valence-corrected chi connectivity index (χ3v) is 6.53. The smallest absolute Gasteiger partial charge is 0.309 e. The van der Waals surface area contributed by atoms with Gasteiger partial charge in [-0.15, -0.1) is 0 Å². The Labute approximate surface area is 160 Å². The van der Waals surface area contributed by atoms with Gasteiger partial charge in [-0.1, -0.05) is 0 Å². The number of amides is 2. The highest BCUT2D eigenvalue weighted by atomic mass is 32.2. The highest BCUT2D eigenvalue weighted by Crippen LogP contribution is 2.37. The highest BCUT2D eigenvalue weighted by molar-refractivity contribution is 7.91. The number of nitrogens with one attached hydrogen (secondary N) is 2. The van der Waals surface area contributed by atoms with Crippen LogP contribution in [0.3, 0.4) is 0 Å². The Hall–Kier alpha value is -3.01. The molecule has 0 radical (unpaired) electrons. The first-order valence-electron chi connectivity index (χ1n) is 8.71. The van der Waals surface area contributed by atoms with E-state index < -0.39 is 26.9 Å². The van der Waals surface area contributed by atoms with Gasteiger partial charge in [0.05, 0.1) is 11.2 Å². The third kappa shape index (κ3) is 3.68. The molecule has 148 valence electrons. The van der Waals surface area contributed by atoms with Crippen molar-refractivity contribution in [3.05, 3.63) is 42.4 Å². The predicted molar refractivity (Wildman–Crippen MR) is 95.4 cm³/mol. The summed E-state index contributed by atoms with van der Waals surface area (Å²) in [6.45, 7) is -0.298. The molecule has 0 bridgehead atoms. The first-order valence-corrected chi connectivity index (χ1v) is 10.3. The zero-order valence-corrected chi connectivity index (χ0v) is 15.5. The number of fused-ring (bicyclic) bond motifs is 1. The molecular formula is C18H18N2O7S. The fourth-order valence-corrected chi connectivity index (χ4v) is 4.40. The van der Waals surface area contributed by atoms with Crippen LogP contribution in [0, 0.1) is 0 Å². The Kier molecular flexibility index (Phi) is 4.71. The predicted octanol–water partition coefficient (Wildman–Crippen LogP) is 0.918. The van der Waals surface area contributed by atoms with E-state index in [0.717, 1.165) is 12.8 Å². The van der Waals surface area contributed by atoms with Crippen LogP contribution in [0.5, 0.6) is 11.5 Å². The van der Waals surface area contributed by atoms with Gasteiger partial charge in [0.2, 0.25) is 6.79 Å². The largest absolute Gasteiger partial charge is 0.468 e. The van der Waals surface area contributed by atoms with Crippen molar-refractivity contribution >= 4 is 21.7 Å². The molecule has 0 unspecified atom stereocenters. The maximum absolute atomic E-state index is 13.2. The van der Waals surface area contributed by atoms with Crippen LogP contribution in [-0.2, 0) is 19.4 Å². The molecule has 0 spiro atoms. The summed E-state index contributed by atoms with van der Waals surface area (Å²) < 4.78 is 42.1. The quantitative estimate of drug-likeness (QED) is 0.684. The van der Waals surface area contributed by atoms with E-state index in [1.807, 2.05) is 0 Å². The summed E-state index contributed by atoms with van der Waals surface area (Å²) in [7, 11) is -3.95. The van der Waals surface area contributed by atoms with Crippen molar-refractivity contribution in [2.45, 2.75) is 29.0 Å². The van der Waals surface area contributed by atoms with Crippen molar-refractivity contribution in [1.29, 1.82) is 0 Å². The SMILES string of the molecule is O=C(NC[C@H](c1ccco1)S(=O)(=O)c1ccc2c(c1)OCO2)C(=O)NC1CC1. The van der Waals surface area contributed by atoms with Crippen LogP contribution in [0.25, 0.3) is 0 Å². The summed E-state index contributed by atoms with van der Waals surface area (Å²) >= 11 is 0. The van der Waals surface area contributed by atoms with Crippen molar-refractivity contribution in [3.8, 4) is 11.5 Å². The van der Waals surface area contributed by atoms with Crippen molar-refractivity contribution in [3.63, 3.8) is 0 Å². The normalized spacial score (nSPS) is 16.4. The minimum absolute atomic E-state index is 0.00479. The number of hydrogen-bond acceptors (Lipinski definition) is 7. The molecule has 1 atom stereocenters. The van der Waals surface area contributed by atoms with E-state index in [2.05, 4.69) is 10.6 Å². The lowest BCUT2D eigenvalue weighted by Gasteiger charge is -2.17. The fraction of sp³-hybridized carbons (Fsp3) is 0.333. The van der Waals surface area contributed by atoms with E-state index >= 15 is 0 Å². The Bertz CT molecular complexity index is 997. The molecule has 1 aliphatic heterocycles. The molecule has 1 saturated carbocycles. The summed E-state index contributed by atoms with van der Waals surface area (Å²) in [5.74, 6) is -0.725. The van der Waals surface area contributed by atoms with Gasteiger partial charge in [0.25, 0.3) is 0 Å². The van der Waals surface area contributed by atoms with Gasteiger partial charge in [-0.3, -0.25) is 9.59 Å². The van der Waals surface area contributed by atoms with Crippen LogP contribution >= 0.6 is 0 Å². The molecule has 1 aromatic carbocycles. The van der Waals surface area contributed by atoms with Crippen LogP contribution in [-0.4, -0.2) is 39.6 Å². The number of carbonyl (C=O) groups excluding carboxylic acids is 2.